The van der Waals surface area contributed by atoms with Gasteiger partial charge in [-0.15, -0.1) is 5.06 Å². The van der Waals surface area contributed by atoms with E-state index in [1.165, 1.54) is 0 Å². The summed E-state index contributed by atoms with van der Waals surface area (Å²) in [5.41, 5.74) is 1.64. The van der Waals surface area contributed by atoms with Gasteiger partial charge in [-0.2, -0.15) is 0 Å². The number of Topliss-reactive ketones (excluding diaryl/α,β-unsaturated/α-hetero) is 1. The minimum atomic E-state index is -2.07. The van der Waals surface area contributed by atoms with Crippen LogP contribution in [0.4, 0.5) is 46.5 Å². The first kappa shape index (κ1) is 28.8. The molecule has 0 saturated heterocycles. The molecule has 15 heteroatoms. The number of halogens is 8. The molecule has 2 aromatic rings. The Morgan fingerprint density at radius 1 is 0.750 bits per heavy atom. The Morgan fingerprint density at radius 2 is 1.14 bits per heavy atom. The second kappa shape index (κ2) is 10.7. The molecule has 0 atom stereocenters. The van der Waals surface area contributed by atoms with Crippen molar-refractivity contribution in [3.05, 3.63) is 57.7 Å². The van der Waals surface area contributed by atoms with Gasteiger partial charge in [0.05, 0.1) is 5.56 Å². The highest BCUT2D eigenvalue weighted by Crippen LogP contribution is 2.30. The van der Waals surface area contributed by atoms with Crippen LogP contribution in [0.25, 0.3) is 0 Å². The van der Waals surface area contributed by atoms with Crippen molar-refractivity contribution in [1.29, 1.82) is 0 Å². The summed E-state index contributed by atoms with van der Waals surface area (Å²) in [6.07, 6.45) is -0.0919. The fraction of sp³-hybridized carbons (Fsp3) is 0.333. The number of rotatable bonds is 9. The molecule has 2 rings (SSSR count). The van der Waals surface area contributed by atoms with Gasteiger partial charge in [-0.05, 0) is 20.3 Å². The van der Waals surface area contributed by atoms with Gasteiger partial charge < -0.3 is 21.0 Å². The van der Waals surface area contributed by atoms with Gasteiger partial charge in [-0.3, -0.25) is 4.79 Å². The fourth-order valence-electron chi connectivity index (χ4n) is 2.89. The largest absolute Gasteiger partial charge is 0.394 e. The van der Waals surface area contributed by atoms with Crippen LogP contribution in [0.5, 0.6) is 0 Å². The van der Waals surface area contributed by atoms with Crippen molar-refractivity contribution in [2.24, 2.45) is 0 Å². The third kappa shape index (κ3) is 5.36. The first-order valence-corrected chi connectivity index (χ1v) is 9.89. The molecule has 198 valence electrons. The first-order chi connectivity index (χ1) is 16.5. The molecule has 0 aromatic heterocycles. The van der Waals surface area contributed by atoms with E-state index in [9.17, 15) is 44.7 Å². The Morgan fingerprint density at radius 3 is 1.56 bits per heavy atom. The van der Waals surface area contributed by atoms with E-state index in [0.717, 1.165) is 20.9 Å². The average Bonchev–Trinajstić information content (AvgIpc) is 2.81. The molecule has 0 aliphatic carbocycles. The van der Waals surface area contributed by atoms with Crippen LogP contribution in [-0.4, -0.2) is 42.6 Å². The van der Waals surface area contributed by atoms with Crippen molar-refractivity contribution in [2.45, 2.75) is 25.9 Å². The number of ether oxygens (including phenoxy) is 1. The van der Waals surface area contributed by atoms with E-state index in [4.69, 9.17) is 16.2 Å². The number of carbonyl (C=O) groups excluding carboxylic acids is 2. The quantitative estimate of drug-likeness (QED) is 0.126. The number of hydroxylamine groups is 2. The summed E-state index contributed by atoms with van der Waals surface area (Å²) in [4.78, 5) is 29.0. The maximum Gasteiger partial charge on any atom is 0.363 e. The molecule has 0 radical (unpaired) electrons. The molecule has 0 amide bonds. The number of nitrogens with two attached hydrogens (primary N) is 2. The van der Waals surface area contributed by atoms with Crippen LogP contribution in [0, 0.1) is 46.5 Å². The molecular formula is C21H19F8N3O4. The number of nitrogen functional groups attached to an aromatic ring is 2. The molecule has 0 heterocycles. The summed E-state index contributed by atoms with van der Waals surface area (Å²) in [5, 5.41) is 0.704. The molecule has 0 bridgehead atoms. The van der Waals surface area contributed by atoms with Crippen LogP contribution in [-0.2, 0) is 9.57 Å². The molecule has 36 heavy (non-hydrogen) atoms. The Labute approximate surface area is 198 Å². The average molecular weight is 529 g/mol. The van der Waals surface area contributed by atoms with E-state index >= 15 is 0 Å². The molecule has 4 N–H and O–H groups in total. The van der Waals surface area contributed by atoms with E-state index in [-0.39, 0.29) is 19.6 Å². The Kier molecular flexibility index (Phi) is 8.52. The smallest absolute Gasteiger partial charge is 0.363 e. The highest BCUT2D eigenvalue weighted by molar-refractivity contribution is 6.02. The third-order valence-electron chi connectivity index (χ3n) is 4.89. The zero-order chi connectivity index (χ0) is 27.7. The summed E-state index contributed by atoms with van der Waals surface area (Å²) >= 11 is 0. The monoisotopic (exact) mass is 529 g/mol. The standard InChI is InChI=1S/C21H19F8N3O4/c1-21(2,19(33)7-9(22)13(26)17(30)14(27)10(7)23)35-6-4-5-32(3)36-20(34)8-11(24)15(28)18(31)16(29)12(8)25/h4-6,30-31H2,1-3H3. The lowest BCUT2D eigenvalue weighted by Gasteiger charge is -2.25. The Balaban J connectivity index is 2.02. The molecule has 0 aliphatic rings. The lowest BCUT2D eigenvalue weighted by Crippen LogP contribution is -2.37. The molecule has 0 spiro atoms. The number of hydrogen-bond donors (Lipinski definition) is 2. The highest BCUT2D eigenvalue weighted by Gasteiger charge is 2.37. The lowest BCUT2D eigenvalue weighted by atomic mass is 9.94. The van der Waals surface area contributed by atoms with Crippen molar-refractivity contribution in [3.63, 3.8) is 0 Å². The van der Waals surface area contributed by atoms with Crippen LogP contribution >= 0.6 is 0 Å². The van der Waals surface area contributed by atoms with Crippen LogP contribution in [0.3, 0.4) is 0 Å². The van der Waals surface area contributed by atoms with Gasteiger partial charge in [-0.25, -0.2) is 39.9 Å². The Hall–Kier alpha value is -3.46. The number of ketones is 1. The van der Waals surface area contributed by atoms with E-state index in [1.54, 1.807) is 0 Å². The van der Waals surface area contributed by atoms with Crippen molar-refractivity contribution in [2.75, 3.05) is 31.7 Å². The SMILES string of the molecule is CN(CCCOC(C)(C)C(=O)c1c(F)c(F)c(N)c(F)c1F)OC(=O)c1c(F)c(F)c(N)c(F)c1F. The van der Waals surface area contributed by atoms with Crippen molar-refractivity contribution in [3.8, 4) is 0 Å². The van der Waals surface area contributed by atoms with Crippen LogP contribution < -0.4 is 11.5 Å². The second-order valence-corrected chi connectivity index (χ2v) is 7.86. The fourth-order valence-corrected chi connectivity index (χ4v) is 2.89. The van der Waals surface area contributed by atoms with E-state index in [1.807, 2.05) is 0 Å². The molecule has 7 nitrogen and oxygen atoms in total. The van der Waals surface area contributed by atoms with Crippen molar-refractivity contribution in [1.82, 2.24) is 5.06 Å². The van der Waals surface area contributed by atoms with Crippen LogP contribution in [0.15, 0.2) is 0 Å². The predicted octanol–water partition coefficient (Wildman–Crippen LogP) is 4.04. The number of carbonyl (C=O) groups is 2. The van der Waals surface area contributed by atoms with Crippen molar-refractivity contribution >= 4 is 23.1 Å². The second-order valence-electron chi connectivity index (χ2n) is 7.86. The van der Waals surface area contributed by atoms with Gasteiger partial charge in [0.15, 0.2) is 52.3 Å². The molecule has 0 unspecified atom stereocenters. The zero-order valence-corrected chi connectivity index (χ0v) is 18.9. The zero-order valence-electron chi connectivity index (χ0n) is 18.9. The summed E-state index contributed by atoms with van der Waals surface area (Å²) in [6, 6.07) is 0. The maximum absolute atomic E-state index is 14.1. The van der Waals surface area contributed by atoms with Crippen molar-refractivity contribution < 1.29 is 54.3 Å². The number of hydrogen-bond acceptors (Lipinski definition) is 7. The molecule has 2 aromatic carbocycles. The van der Waals surface area contributed by atoms with Gasteiger partial charge in [0.25, 0.3) is 0 Å². The first-order valence-electron chi connectivity index (χ1n) is 9.89. The summed E-state index contributed by atoms with van der Waals surface area (Å²) < 4.78 is 115. The van der Waals surface area contributed by atoms with Crippen LogP contribution in [0.1, 0.15) is 41.0 Å². The topological polar surface area (TPSA) is 108 Å². The van der Waals surface area contributed by atoms with Gasteiger partial charge in [0.2, 0.25) is 0 Å². The van der Waals surface area contributed by atoms with Gasteiger partial charge in [-0.1, -0.05) is 0 Å². The third-order valence-corrected chi connectivity index (χ3v) is 4.89. The van der Waals surface area contributed by atoms with E-state index < -0.39 is 86.4 Å². The normalized spacial score (nSPS) is 11.8. The number of anilines is 2. The number of nitrogens with zero attached hydrogens (tertiary/aromatic N) is 1. The lowest BCUT2D eigenvalue weighted by molar-refractivity contribution is -0.0966. The number of benzene rings is 2. The summed E-state index contributed by atoms with van der Waals surface area (Å²) in [5.74, 6) is -19.3. The van der Waals surface area contributed by atoms with E-state index in [0.29, 0.717) is 5.06 Å². The molecule has 0 saturated carbocycles. The van der Waals surface area contributed by atoms with Gasteiger partial charge >= 0.3 is 5.97 Å². The summed E-state index contributed by atoms with van der Waals surface area (Å²) in [7, 11) is 1.10. The molecule has 0 fully saturated rings. The molecular weight excluding hydrogens is 510 g/mol. The predicted molar refractivity (Wildman–Crippen MR) is 108 cm³/mol. The highest BCUT2D eigenvalue weighted by atomic mass is 19.2. The van der Waals surface area contributed by atoms with Crippen LogP contribution in [0.2, 0.25) is 0 Å². The molecule has 0 aliphatic heterocycles. The minimum Gasteiger partial charge on any atom is -0.394 e. The van der Waals surface area contributed by atoms with E-state index in [2.05, 4.69) is 4.84 Å². The minimum absolute atomic E-state index is 0.0919. The van der Waals surface area contributed by atoms with Gasteiger partial charge in [0.1, 0.15) is 22.5 Å². The van der Waals surface area contributed by atoms with Gasteiger partial charge in [0, 0.05) is 20.2 Å². The maximum atomic E-state index is 14.1. The summed E-state index contributed by atoms with van der Waals surface area (Å²) in [6.45, 7) is 1.50. The Bertz CT molecular complexity index is 1160.